The van der Waals surface area contributed by atoms with Crippen molar-refractivity contribution in [3.05, 3.63) is 29.3 Å². The zero-order chi connectivity index (χ0) is 16.4. The van der Waals surface area contributed by atoms with E-state index >= 15 is 0 Å². The summed E-state index contributed by atoms with van der Waals surface area (Å²) in [4.78, 5) is 26.0. The summed E-state index contributed by atoms with van der Waals surface area (Å²) < 4.78 is 0. The van der Waals surface area contributed by atoms with E-state index in [4.69, 9.17) is 0 Å². The molecule has 1 atom stereocenters. The lowest BCUT2D eigenvalue weighted by molar-refractivity contribution is -0.144. The van der Waals surface area contributed by atoms with Crippen LogP contribution in [0.4, 0.5) is 5.69 Å². The summed E-state index contributed by atoms with van der Waals surface area (Å²) in [7, 11) is 0. The second kappa shape index (κ2) is 6.71. The van der Waals surface area contributed by atoms with Gasteiger partial charge in [0.1, 0.15) is 0 Å². The lowest BCUT2D eigenvalue weighted by atomic mass is 9.92. The third-order valence-electron chi connectivity index (χ3n) is 5.06. The zero-order valence-corrected chi connectivity index (χ0v) is 13.5. The van der Waals surface area contributed by atoms with Crippen LogP contribution >= 0.6 is 0 Å². The molecule has 2 amide bonds. The first-order valence-corrected chi connectivity index (χ1v) is 8.44. The molecule has 1 aromatic rings. The molecule has 0 bridgehead atoms. The molecule has 2 aliphatic rings. The number of fused-ring (bicyclic) bond motifs is 1. The number of carbonyl (C=O) groups is 2. The summed E-state index contributed by atoms with van der Waals surface area (Å²) in [6, 6.07) is 5.89. The van der Waals surface area contributed by atoms with Gasteiger partial charge in [0.05, 0.1) is 6.10 Å². The maximum Gasteiger partial charge on any atom is 0.313 e. The average molecular weight is 316 g/mol. The number of piperidine rings is 1. The summed E-state index contributed by atoms with van der Waals surface area (Å²) in [6.45, 7) is 2.85. The second-order valence-corrected chi connectivity index (χ2v) is 6.66. The second-order valence-electron chi connectivity index (χ2n) is 6.66. The third kappa shape index (κ3) is 3.55. The lowest BCUT2D eigenvalue weighted by Crippen LogP contribution is -2.45. The Kier molecular flexibility index (Phi) is 4.66. The van der Waals surface area contributed by atoms with Crippen molar-refractivity contribution in [1.82, 2.24) is 4.90 Å². The summed E-state index contributed by atoms with van der Waals surface area (Å²) >= 11 is 0. The highest BCUT2D eigenvalue weighted by molar-refractivity contribution is 6.39. The van der Waals surface area contributed by atoms with Crippen LogP contribution < -0.4 is 5.32 Å². The van der Waals surface area contributed by atoms with Gasteiger partial charge in [0.2, 0.25) is 0 Å². The van der Waals surface area contributed by atoms with Crippen LogP contribution in [0.25, 0.3) is 0 Å². The number of nitrogens with one attached hydrogen (secondary N) is 1. The molecule has 2 N–H and O–H groups in total. The van der Waals surface area contributed by atoms with E-state index < -0.39 is 11.8 Å². The van der Waals surface area contributed by atoms with Crippen LogP contribution in [0.5, 0.6) is 0 Å². The van der Waals surface area contributed by atoms with Crippen molar-refractivity contribution in [3.63, 3.8) is 0 Å². The molecule has 0 aromatic heterocycles. The molecule has 5 nitrogen and oxygen atoms in total. The van der Waals surface area contributed by atoms with Crippen molar-refractivity contribution in [3.8, 4) is 0 Å². The van der Waals surface area contributed by atoms with Gasteiger partial charge in [-0.2, -0.15) is 0 Å². The molecule has 1 fully saturated rings. The quantitative estimate of drug-likeness (QED) is 0.817. The molecular formula is C18H24N2O3. The molecule has 1 aliphatic heterocycles. The topological polar surface area (TPSA) is 69.6 Å². The predicted octanol–water partition coefficient (Wildman–Crippen LogP) is 1.73. The van der Waals surface area contributed by atoms with Gasteiger partial charge in [-0.1, -0.05) is 6.07 Å². The highest BCUT2D eigenvalue weighted by atomic mass is 16.3. The van der Waals surface area contributed by atoms with Gasteiger partial charge in [-0.05, 0) is 68.2 Å². The van der Waals surface area contributed by atoms with E-state index in [1.807, 2.05) is 18.2 Å². The van der Waals surface area contributed by atoms with Gasteiger partial charge < -0.3 is 15.3 Å². The number of amides is 2. The molecule has 0 spiro atoms. The van der Waals surface area contributed by atoms with Crippen molar-refractivity contribution in [2.75, 3.05) is 18.4 Å². The van der Waals surface area contributed by atoms with Crippen molar-refractivity contribution >= 4 is 17.5 Å². The normalized spacial score (nSPS) is 19.3. The number of hydrogen-bond donors (Lipinski definition) is 2. The molecule has 0 radical (unpaired) electrons. The number of aliphatic hydroxyl groups is 1. The predicted molar refractivity (Wildman–Crippen MR) is 88.1 cm³/mol. The van der Waals surface area contributed by atoms with Gasteiger partial charge in [0, 0.05) is 18.8 Å². The Balaban J connectivity index is 1.57. The van der Waals surface area contributed by atoms with Crippen LogP contribution in [0.3, 0.4) is 0 Å². The Bertz CT molecular complexity index is 604. The summed E-state index contributed by atoms with van der Waals surface area (Å²) in [5.74, 6) is -0.827. The molecular weight excluding hydrogens is 292 g/mol. The highest BCUT2D eigenvalue weighted by Gasteiger charge is 2.28. The van der Waals surface area contributed by atoms with E-state index in [0.29, 0.717) is 18.8 Å². The van der Waals surface area contributed by atoms with Crippen LogP contribution in [-0.2, 0) is 22.4 Å². The number of benzene rings is 1. The molecule has 124 valence electrons. The number of hydrogen-bond acceptors (Lipinski definition) is 3. The Labute approximate surface area is 136 Å². The van der Waals surface area contributed by atoms with Crippen LogP contribution in [0, 0.1) is 5.92 Å². The van der Waals surface area contributed by atoms with Crippen LogP contribution in [-0.4, -0.2) is 41.0 Å². The Hall–Kier alpha value is -1.88. The minimum absolute atomic E-state index is 0.221. The smallest absolute Gasteiger partial charge is 0.313 e. The molecule has 23 heavy (non-hydrogen) atoms. The molecule has 1 saturated heterocycles. The van der Waals surface area contributed by atoms with Gasteiger partial charge in [-0.15, -0.1) is 0 Å². The zero-order valence-electron chi connectivity index (χ0n) is 13.5. The Morgan fingerprint density at radius 1 is 1.22 bits per heavy atom. The number of likely N-dealkylation sites (tertiary alicyclic amines) is 1. The lowest BCUT2D eigenvalue weighted by Gasteiger charge is -2.32. The molecule has 1 heterocycles. The highest BCUT2D eigenvalue weighted by Crippen LogP contribution is 2.25. The van der Waals surface area contributed by atoms with E-state index in [0.717, 1.165) is 32.1 Å². The number of aliphatic hydroxyl groups excluding tert-OH is 1. The first-order valence-electron chi connectivity index (χ1n) is 8.44. The summed E-state index contributed by atoms with van der Waals surface area (Å²) in [5.41, 5.74) is 3.31. The molecule has 5 heteroatoms. The van der Waals surface area contributed by atoms with Crippen molar-refractivity contribution in [2.24, 2.45) is 5.92 Å². The van der Waals surface area contributed by atoms with Crippen LogP contribution in [0.2, 0.25) is 0 Å². The van der Waals surface area contributed by atoms with E-state index in [1.165, 1.54) is 11.1 Å². The summed E-state index contributed by atoms with van der Waals surface area (Å²) in [6.07, 6.45) is 4.43. The first kappa shape index (κ1) is 16.0. The summed E-state index contributed by atoms with van der Waals surface area (Å²) in [5, 5.41) is 12.3. The average Bonchev–Trinajstić information content (AvgIpc) is 3.01. The van der Waals surface area contributed by atoms with Gasteiger partial charge in [-0.25, -0.2) is 0 Å². The number of nitrogens with zero attached hydrogens (tertiary/aromatic N) is 1. The standard InChI is InChI=1S/C18H24N2O3/c1-12(21)13-7-9-20(10-8-13)18(23)17(22)19-16-6-5-14-3-2-4-15(14)11-16/h5-6,11-13,21H,2-4,7-10H2,1H3,(H,19,22). The maximum atomic E-state index is 12.3. The fraction of sp³-hybridized carbons (Fsp3) is 0.556. The van der Waals surface area contributed by atoms with Crippen molar-refractivity contribution in [1.29, 1.82) is 0 Å². The monoisotopic (exact) mass is 316 g/mol. The number of rotatable bonds is 2. The number of carbonyl (C=O) groups excluding carboxylic acids is 2. The fourth-order valence-corrected chi connectivity index (χ4v) is 3.56. The first-order chi connectivity index (χ1) is 11.0. The van der Waals surface area contributed by atoms with E-state index in [1.54, 1.807) is 11.8 Å². The molecule has 1 aromatic carbocycles. The molecule has 1 aliphatic carbocycles. The Morgan fingerprint density at radius 2 is 1.91 bits per heavy atom. The van der Waals surface area contributed by atoms with Crippen molar-refractivity contribution < 1.29 is 14.7 Å². The van der Waals surface area contributed by atoms with Crippen LogP contribution in [0.1, 0.15) is 37.3 Å². The van der Waals surface area contributed by atoms with Gasteiger partial charge >= 0.3 is 11.8 Å². The van der Waals surface area contributed by atoms with Crippen molar-refractivity contribution in [2.45, 2.75) is 45.1 Å². The number of aryl methyl sites for hydroxylation is 2. The largest absolute Gasteiger partial charge is 0.393 e. The molecule has 0 saturated carbocycles. The van der Waals surface area contributed by atoms with E-state index in [-0.39, 0.29) is 12.0 Å². The minimum atomic E-state index is -0.571. The van der Waals surface area contributed by atoms with Gasteiger partial charge in [0.25, 0.3) is 0 Å². The van der Waals surface area contributed by atoms with E-state index in [9.17, 15) is 14.7 Å². The fourth-order valence-electron chi connectivity index (χ4n) is 3.56. The molecule has 3 rings (SSSR count). The third-order valence-corrected chi connectivity index (χ3v) is 5.06. The SMILES string of the molecule is CC(O)C1CCN(C(=O)C(=O)Nc2ccc3c(c2)CCC3)CC1. The van der Waals surface area contributed by atoms with Crippen LogP contribution in [0.15, 0.2) is 18.2 Å². The maximum absolute atomic E-state index is 12.3. The van der Waals surface area contributed by atoms with E-state index in [2.05, 4.69) is 5.32 Å². The minimum Gasteiger partial charge on any atom is -0.393 e. The molecule has 1 unspecified atom stereocenters. The number of anilines is 1. The Morgan fingerprint density at radius 3 is 2.61 bits per heavy atom. The van der Waals surface area contributed by atoms with Gasteiger partial charge in [0.15, 0.2) is 0 Å². The van der Waals surface area contributed by atoms with Gasteiger partial charge in [-0.3, -0.25) is 9.59 Å².